The zero-order valence-electron chi connectivity index (χ0n) is 14.6. The fourth-order valence-corrected chi connectivity index (χ4v) is 5.96. The molecule has 4 aliphatic carbocycles. The number of hydrogen-bond acceptors (Lipinski definition) is 3. The number of hydrogen-bond donors (Lipinski definition) is 0. The molecule has 0 amide bonds. The van der Waals surface area contributed by atoms with Gasteiger partial charge >= 0.3 is 0 Å². The molecule has 4 saturated carbocycles. The van der Waals surface area contributed by atoms with E-state index in [0.717, 1.165) is 37.0 Å². The molecule has 0 saturated heterocycles. The lowest BCUT2D eigenvalue weighted by molar-refractivity contribution is -0.138. The Morgan fingerprint density at radius 2 is 1.67 bits per heavy atom. The number of carbonyl (C=O) groups is 2. The number of ether oxygens (including phenoxy) is 1. The van der Waals surface area contributed by atoms with E-state index in [2.05, 4.69) is 0 Å². The maximum Gasteiger partial charge on any atom is 0.229 e. The maximum absolute atomic E-state index is 13.2. The second kappa shape index (κ2) is 5.72. The molecule has 3 heteroatoms. The smallest absolute Gasteiger partial charge is 0.229 e. The van der Waals surface area contributed by atoms with Crippen LogP contribution in [0, 0.1) is 23.2 Å². The Bertz CT molecular complexity index is 653. The molecule has 5 rings (SSSR count). The highest BCUT2D eigenvalue weighted by Crippen LogP contribution is 2.60. The minimum absolute atomic E-state index is 0.117. The predicted molar refractivity (Wildman–Crippen MR) is 92.3 cm³/mol. The molecule has 24 heavy (non-hydrogen) atoms. The van der Waals surface area contributed by atoms with Gasteiger partial charge in [0.15, 0.2) is 0 Å². The Hall–Kier alpha value is -1.64. The summed E-state index contributed by atoms with van der Waals surface area (Å²) >= 11 is 0. The fraction of sp³-hybridized carbons (Fsp3) is 0.619. The van der Waals surface area contributed by atoms with Gasteiger partial charge in [0.1, 0.15) is 5.75 Å². The molecule has 0 N–H and O–H groups in total. The van der Waals surface area contributed by atoms with Gasteiger partial charge in [0, 0.05) is 11.0 Å². The van der Waals surface area contributed by atoms with Crippen LogP contribution in [0.5, 0.6) is 5.75 Å². The van der Waals surface area contributed by atoms with Crippen molar-refractivity contribution in [3.05, 3.63) is 29.3 Å². The van der Waals surface area contributed by atoms with Gasteiger partial charge in [-0.15, -0.1) is 0 Å². The first-order chi connectivity index (χ1) is 11.5. The van der Waals surface area contributed by atoms with E-state index in [1.165, 1.54) is 19.3 Å². The van der Waals surface area contributed by atoms with Crippen molar-refractivity contribution in [1.29, 1.82) is 0 Å². The third-order valence-corrected chi connectivity index (χ3v) is 6.65. The standard InChI is InChI=1S/C21H26O3/c1-3-16-9-17(4-5-18(16)24-2)19(22)20(23)21-10-13-6-14(11-21)8-15(7-13)12-21/h4-5,9,13-15H,3,6-8,10-12H2,1-2H3. The molecule has 0 spiro atoms. The fourth-order valence-electron chi connectivity index (χ4n) is 5.96. The van der Waals surface area contributed by atoms with Gasteiger partial charge in [-0.2, -0.15) is 0 Å². The zero-order valence-corrected chi connectivity index (χ0v) is 14.6. The molecular formula is C21H26O3. The summed E-state index contributed by atoms with van der Waals surface area (Å²) in [5, 5.41) is 0. The third kappa shape index (κ3) is 2.40. The number of aryl methyl sites for hydroxylation is 1. The summed E-state index contributed by atoms with van der Waals surface area (Å²) in [5.41, 5.74) is 1.17. The summed E-state index contributed by atoms with van der Waals surface area (Å²) in [6.07, 6.45) is 7.46. The average molecular weight is 326 g/mol. The van der Waals surface area contributed by atoms with Gasteiger partial charge in [0.05, 0.1) is 7.11 Å². The van der Waals surface area contributed by atoms with Crippen molar-refractivity contribution in [3.8, 4) is 5.75 Å². The van der Waals surface area contributed by atoms with Crippen LogP contribution in [0.2, 0.25) is 0 Å². The molecule has 0 aromatic heterocycles. The van der Waals surface area contributed by atoms with Crippen molar-refractivity contribution in [3.63, 3.8) is 0 Å². The van der Waals surface area contributed by atoms with Crippen LogP contribution in [0.1, 0.15) is 61.4 Å². The van der Waals surface area contributed by atoms with Crippen LogP contribution in [0.4, 0.5) is 0 Å². The highest BCUT2D eigenvalue weighted by Gasteiger charge is 2.55. The van der Waals surface area contributed by atoms with Crippen LogP contribution in [0.25, 0.3) is 0 Å². The van der Waals surface area contributed by atoms with Crippen molar-refractivity contribution in [2.45, 2.75) is 51.9 Å². The number of carbonyl (C=O) groups excluding carboxylic acids is 2. The van der Waals surface area contributed by atoms with E-state index < -0.39 is 0 Å². The van der Waals surface area contributed by atoms with E-state index in [4.69, 9.17) is 4.74 Å². The Morgan fingerprint density at radius 3 is 2.17 bits per heavy atom. The van der Waals surface area contributed by atoms with Crippen LogP contribution in [0.3, 0.4) is 0 Å². The highest BCUT2D eigenvalue weighted by atomic mass is 16.5. The van der Waals surface area contributed by atoms with E-state index in [9.17, 15) is 9.59 Å². The molecule has 1 aromatic carbocycles. The summed E-state index contributed by atoms with van der Waals surface area (Å²) in [7, 11) is 1.64. The van der Waals surface area contributed by atoms with Gasteiger partial charge in [0.25, 0.3) is 0 Å². The first-order valence-corrected chi connectivity index (χ1v) is 9.30. The minimum atomic E-state index is -0.349. The van der Waals surface area contributed by atoms with Crippen LogP contribution in [-0.4, -0.2) is 18.7 Å². The van der Waals surface area contributed by atoms with Crippen molar-refractivity contribution < 1.29 is 14.3 Å². The summed E-state index contributed by atoms with van der Waals surface area (Å²) < 4.78 is 5.34. The quantitative estimate of drug-likeness (QED) is 0.601. The first-order valence-electron chi connectivity index (χ1n) is 9.30. The molecule has 128 valence electrons. The van der Waals surface area contributed by atoms with E-state index in [-0.39, 0.29) is 17.0 Å². The van der Waals surface area contributed by atoms with Crippen molar-refractivity contribution in [1.82, 2.24) is 0 Å². The first kappa shape index (κ1) is 15.9. The van der Waals surface area contributed by atoms with E-state index >= 15 is 0 Å². The topological polar surface area (TPSA) is 43.4 Å². The van der Waals surface area contributed by atoms with Crippen LogP contribution in [0.15, 0.2) is 18.2 Å². The summed E-state index contributed by atoms with van der Waals surface area (Å²) in [5.74, 6) is 2.42. The lowest BCUT2D eigenvalue weighted by atomic mass is 9.48. The zero-order chi connectivity index (χ0) is 16.9. The molecule has 4 bridgehead atoms. The number of ketones is 2. The molecule has 0 radical (unpaired) electrons. The number of rotatable bonds is 5. The lowest BCUT2D eigenvalue weighted by Crippen LogP contribution is -2.51. The van der Waals surface area contributed by atoms with Crippen LogP contribution < -0.4 is 4.74 Å². The summed E-state index contributed by atoms with van der Waals surface area (Å²) in [6.45, 7) is 2.03. The Labute approximate surface area is 143 Å². The molecular weight excluding hydrogens is 300 g/mol. The molecule has 0 unspecified atom stereocenters. The van der Waals surface area contributed by atoms with Crippen molar-refractivity contribution in [2.24, 2.45) is 23.2 Å². The summed E-state index contributed by atoms with van der Waals surface area (Å²) in [6, 6.07) is 5.41. The SMILES string of the molecule is CCc1cc(C(=O)C(=O)C23CC4CC(CC(C4)C2)C3)ccc1OC. The van der Waals surface area contributed by atoms with Gasteiger partial charge in [-0.05, 0) is 86.5 Å². The molecule has 4 fully saturated rings. The Balaban J connectivity index is 1.62. The van der Waals surface area contributed by atoms with Gasteiger partial charge in [-0.25, -0.2) is 0 Å². The second-order valence-electron chi connectivity index (χ2n) is 8.24. The van der Waals surface area contributed by atoms with E-state index in [1.807, 2.05) is 19.1 Å². The van der Waals surface area contributed by atoms with Crippen LogP contribution >= 0.6 is 0 Å². The normalized spacial score (nSPS) is 33.5. The Kier molecular flexibility index (Phi) is 3.78. The monoisotopic (exact) mass is 326 g/mol. The maximum atomic E-state index is 13.2. The molecule has 1 aromatic rings. The third-order valence-electron chi connectivity index (χ3n) is 6.65. The van der Waals surface area contributed by atoms with Gasteiger partial charge in [0.2, 0.25) is 11.6 Å². The highest BCUT2D eigenvalue weighted by molar-refractivity contribution is 6.45. The number of methoxy groups -OCH3 is 1. The van der Waals surface area contributed by atoms with Gasteiger partial charge < -0.3 is 4.74 Å². The molecule has 4 aliphatic rings. The van der Waals surface area contributed by atoms with E-state index in [1.54, 1.807) is 13.2 Å². The number of Topliss-reactive ketones (excluding diaryl/α,β-unsaturated/α-hetero) is 2. The minimum Gasteiger partial charge on any atom is -0.496 e. The molecule has 0 aliphatic heterocycles. The van der Waals surface area contributed by atoms with Gasteiger partial charge in [-0.3, -0.25) is 9.59 Å². The van der Waals surface area contributed by atoms with Crippen LogP contribution in [-0.2, 0) is 11.2 Å². The molecule has 0 heterocycles. The second-order valence-corrected chi connectivity index (χ2v) is 8.24. The molecule has 3 nitrogen and oxygen atoms in total. The summed E-state index contributed by atoms with van der Waals surface area (Å²) in [4.78, 5) is 26.1. The van der Waals surface area contributed by atoms with E-state index in [0.29, 0.717) is 23.3 Å². The van der Waals surface area contributed by atoms with Crippen molar-refractivity contribution >= 4 is 11.6 Å². The largest absolute Gasteiger partial charge is 0.496 e. The lowest BCUT2D eigenvalue weighted by Gasteiger charge is -2.55. The average Bonchev–Trinajstić information content (AvgIpc) is 2.58. The molecule has 0 atom stereocenters. The number of benzene rings is 1. The predicted octanol–water partition coefficient (Wildman–Crippen LogP) is 4.23. The van der Waals surface area contributed by atoms with Gasteiger partial charge in [-0.1, -0.05) is 6.92 Å². The van der Waals surface area contributed by atoms with Crippen molar-refractivity contribution in [2.75, 3.05) is 7.11 Å². The Morgan fingerprint density at radius 1 is 1.08 bits per heavy atom.